The minimum absolute atomic E-state index is 0.0331. The molecule has 3 nitrogen and oxygen atoms in total. The third kappa shape index (κ3) is 4.48. The third-order valence-electron chi connectivity index (χ3n) is 3.54. The first-order chi connectivity index (χ1) is 10.8. The molecule has 0 aliphatic heterocycles. The Labute approximate surface area is 132 Å². The Morgan fingerprint density at radius 3 is 2.30 bits per heavy atom. The van der Waals surface area contributed by atoms with Crippen LogP contribution in [-0.2, 0) is 11.0 Å². The van der Waals surface area contributed by atoms with Crippen LogP contribution in [0, 0.1) is 13.8 Å². The van der Waals surface area contributed by atoms with Gasteiger partial charge in [-0.25, -0.2) is 0 Å². The number of anilines is 2. The van der Waals surface area contributed by atoms with Crippen LogP contribution < -0.4 is 10.6 Å². The molecule has 6 heteroatoms. The van der Waals surface area contributed by atoms with Gasteiger partial charge in [0.2, 0.25) is 5.91 Å². The highest BCUT2D eigenvalue weighted by molar-refractivity contribution is 5.93. The number of hydrogen-bond donors (Lipinski definition) is 2. The second-order valence-corrected chi connectivity index (χ2v) is 5.22. The largest absolute Gasteiger partial charge is 0.416 e. The van der Waals surface area contributed by atoms with Gasteiger partial charge >= 0.3 is 6.18 Å². The minimum atomic E-state index is -4.38. The van der Waals surface area contributed by atoms with Crippen LogP contribution in [0.5, 0.6) is 0 Å². The summed E-state index contributed by atoms with van der Waals surface area (Å²) in [5.41, 5.74) is 2.59. The Morgan fingerprint density at radius 1 is 1.04 bits per heavy atom. The molecule has 0 aliphatic rings. The standard InChI is InChI=1S/C17H17F3N2O/c1-11-4-3-5-15(12(11)2)21-10-16(23)22-14-8-6-13(7-9-14)17(18,19)20/h3-9,21H,10H2,1-2H3,(H,22,23). The number of amides is 1. The van der Waals surface area contributed by atoms with E-state index in [0.29, 0.717) is 5.69 Å². The van der Waals surface area contributed by atoms with Crippen LogP contribution in [0.1, 0.15) is 16.7 Å². The number of hydrogen-bond acceptors (Lipinski definition) is 2. The predicted octanol–water partition coefficient (Wildman–Crippen LogP) is 4.37. The summed E-state index contributed by atoms with van der Waals surface area (Å²) in [7, 11) is 0. The summed E-state index contributed by atoms with van der Waals surface area (Å²) in [5.74, 6) is -0.328. The van der Waals surface area contributed by atoms with E-state index < -0.39 is 11.7 Å². The van der Waals surface area contributed by atoms with E-state index in [1.807, 2.05) is 32.0 Å². The van der Waals surface area contributed by atoms with Crippen LogP contribution in [0.2, 0.25) is 0 Å². The zero-order valence-electron chi connectivity index (χ0n) is 12.8. The van der Waals surface area contributed by atoms with Crippen LogP contribution in [0.3, 0.4) is 0 Å². The maximum Gasteiger partial charge on any atom is 0.416 e. The second-order valence-electron chi connectivity index (χ2n) is 5.22. The van der Waals surface area contributed by atoms with Crippen molar-refractivity contribution in [1.29, 1.82) is 0 Å². The molecule has 0 aliphatic carbocycles. The van der Waals surface area contributed by atoms with Crippen molar-refractivity contribution in [2.75, 3.05) is 17.2 Å². The van der Waals surface area contributed by atoms with Crippen LogP contribution in [0.25, 0.3) is 0 Å². The smallest absolute Gasteiger partial charge is 0.376 e. The molecule has 0 heterocycles. The van der Waals surface area contributed by atoms with E-state index in [0.717, 1.165) is 28.9 Å². The summed E-state index contributed by atoms with van der Waals surface area (Å²) in [6, 6.07) is 10.1. The molecule has 0 saturated carbocycles. The van der Waals surface area contributed by atoms with Gasteiger partial charge in [0.25, 0.3) is 0 Å². The van der Waals surface area contributed by atoms with E-state index in [9.17, 15) is 18.0 Å². The van der Waals surface area contributed by atoms with E-state index in [-0.39, 0.29) is 12.5 Å². The summed E-state index contributed by atoms with van der Waals surface area (Å²) >= 11 is 0. The molecule has 0 aromatic heterocycles. The first kappa shape index (κ1) is 16.9. The van der Waals surface area contributed by atoms with Crippen LogP contribution in [-0.4, -0.2) is 12.5 Å². The summed E-state index contributed by atoms with van der Waals surface area (Å²) in [4.78, 5) is 11.9. The van der Waals surface area contributed by atoms with Crippen LogP contribution in [0.15, 0.2) is 42.5 Å². The van der Waals surface area contributed by atoms with E-state index in [1.54, 1.807) is 0 Å². The summed E-state index contributed by atoms with van der Waals surface area (Å²) in [6.07, 6.45) is -4.38. The highest BCUT2D eigenvalue weighted by atomic mass is 19.4. The molecule has 122 valence electrons. The van der Waals surface area contributed by atoms with Crippen molar-refractivity contribution in [1.82, 2.24) is 0 Å². The van der Waals surface area contributed by atoms with E-state index in [4.69, 9.17) is 0 Å². The van der Waals surface area contributed by atoms with Crippen LogP contribution >= 0.6 is 0 Å². The van der Waals surface area contributed by atoms with Crippen LogP contribution in [0.4, 0.5) is 24.5 Å². The van der Waals surface area contributed by atoms with E-state index in [2.05, 4.69) is 10.6 Å². The molecule has 2 aromatic rings. The van der Waals surface area contributed by atoms with Gasteiger partial charge in [0.1, 0.15) is 0 Å². The van der Waals surface area contributed by atoms with E-state index >= 15 is 0 Å². The van der Waals surface area contributed by atoms with Gasteiger partial charge < -0.3 is 10.6 Å². The summed E-state index contributed by atoms with van der Waals surface area (Å²) in [5, 5.41) is 5.57. The lowest BCUT2D eigenvalue weighted by atomic mass is 10.1. The number of benzene rings is 2. The highest BCUT2D eigenvalue weighted by Gasteiger charge is 2.29. The Hall–Kier alpha value is -2.50. The molecule has 2 aromatic carbocycles. The van der Waals surface area contributed by atoms with Gasteiger partial charge in [-0.3, -0.25) is 4.79 Å². The maximum absolute atomic E-state index is 12.5. The molecule has 2 N–H and O–H groups in total. The molecule has 23 heavy (non-hydrogen) atoms. The molecule has 0 unspecified atom stereocenters. The lowest BCUT2D eigenvalue weighted by molar-refractivity contribution is -0.137. The fourth-order valence-corrected chi connectivity index (χ4v) is 2.07. The molecule has 1 amide bonds. The number of rotatable bonds is 4. The van der Waals surface area contributed by atoms with Crippen molar-refractivity contribution in [3.05, 3.63) is 59.2 Å². The average molecular weight is 322 g/mol. The first-order valence-corrected chi connectivity index (χ1v) is 7.04. The minimum Gasteiger partial charge on any atom is -0.376 e. The van der Waals surface area contributed by atoms with Crippen molar-refractivity contribution < 1.29 is 18.0 Å². The third-order valence-corrected chi connectivity index (χ3v) is 3.54. The van der Waals surface area contributed by atoms with Crippen molar-refractivity contribution in [3.63, 3.8) is 0 Å². The summed E-state index contributed by atoms with van der Waals surface area (Å²) < 4.78 is 37.4. The molecule has 2 rings (SSSR count). The number of nitrogens with one attached hydrogen (secondary N) is 2. The zero-order chi connectivity index (χ0) is 17.0. The average Bonchev–Trinajstić information content (AvgIpc) is 2.48. The second kappa shape index (κ2) is 6.73. The molecular formula is C17H17F3N2O. The topological polar surface area (TPSA) is 41.1 Å². The molecule has 0 saturated heterocycles. The molecule has 0 bridgehead atoms. The van der Waals surface area contributed by atoms with Crippen molar-refractivity contribution >= 4 is 17.3 Å². The predicted molar refractivity (Wildman–Crippen MR) is 84.5 cm³/mol. The number of carbonyl (C=O) groups is 1. The Morgan fingerprint density at radius 2 is 1.70 bits per heavy atom. The number of carbonyl (C=O) groups excluding carboxylic acids is 1. The van der Waals surface area contributed by atoms with Gasteiger partial charge in [-0.15, -0.1) is 0 Å². The quantitative estimate of drug-likeness (QED) is 0.877. The number of alkyl halides is 3. The molecule has 0 radical (unpaired) electrons. The Balaban J connectivity index is 1.93. The summed E-state index contributed by atoms with van der Waals surface area (Å²) in [6.45, 7) is 3.96. The number of halogens is 3. The maximum atomic E-state index is 12.5. The van der Waals surface area contributed by atoms with E-state index in [1.165, 1.54) is 12.1 Å². The molecular weight excluding hydrogens is 305 g/mol. The van der Waals surface area contributed by atoms with Gasteiger partial charge in [0.05, 0.1) is 12.1 Å². The Bertz CT molecular complexity index is 694. The lowest BCUT2D eigenvalue weighted by Crippen LogP contribution is -2.22. The first-order valence-electron chi connectivity index (χ1n) is 7.04. The fraction of sp³-hybridized carbons (Fsp3) is 0.235. The lowest BCUT2D eigenvalue weighted by Gasteiger charge is -2.12. The van der Waals surface area contributed by atoms with Gasteiger partial charge in [-0.1, -0.05) is 12.1 Å². The molecule has 0 fully saturated rings. The van der Waals surface area contributed by atoms with Crippen molar-refractivity contribution in [2.45, 2.75) is 20.0 Å². The zero-order valence-corrected chi connectivity index (χ0v) is 12.8. The molecule has 0 atom stereocenters. The van der Waals surface area contributed by atoms with Gasteiger partial charge in [-0.05, 0) is 55.3 Å². The van der Waals surface area contributed by atoms with Crippen molar-refractivity contribution in [2.24, 2.45) is 0 Å². The van der Waals surface area contributed by atoms with Crippen molar-refractivity contribution in [3.8, 4) is 0 Å². The van der Waals surface area contributed by atoms with Gasteiger partial charge in [-0.2, -0.15) is 13.2 Å². The van der Waals surface area contributed by atoms with Gasteiger partial charge in [0.15, 0.2) is 0 Å². The molecule has 0 spiro atoms. The fourth-order valence-electron chi connectivity index (χ4n) is 2.07. The Kier molecular flexibility index (Phi) is 4.93. The van der Waals surface area contributed by atoms with Gasteiger partial charge in [0, 0.05) is 11.4 Å². The number of aryl methyl sites for hydroxylation is 1. The highest BCUT2D eigenvalue weighted by Crippen LogP contribution is 2.29. The monoisotopic (exact) mass is 322 g/mol. The SMILES string of the molecule is Cc1cccc(NCC(=O)Nc2ccc(C(F)(F)F)cc2)c1C. The normalized spacial score (nSPS) is 11.2.